The number of nitro groups is 1. The van der Waals surface area contributed by atoms with Gasteiger partial charge >= 0.3 is 5.97 Å². The molecule has 1 aromatic rings. The Balaban J connectivity index is 3.30. The monoisotopic (exact) mass is 253 g/mol. The molecule has 0 bridgehead atoms. The van der Waals surface area contributed by atoms with Gasteiger partial charge in [-0.25, -0.2) is 4.79 Å². The van der Waals surface area contributed by atoms with Crippen LogP contribution in [0.1, 0.15) is 24.2 Å². The van der Waals surface area contributed by atoms with Gasteiger partial charge in [0.05, 0.1) is 4.92 Å². The highest BCUT2D eigenvalue weighted by Gasteiger charge is 2.22. The van der Waals surface area contributed by atoms with Gasteiger partial charge in [0.25, 0.3) is 5.69 Å². The second-order valence-corrected chi connectivity index (χ2v) is 3.76. The maximum Gasteiger partial charge on any atom is 0.337 e. The zero-order valence-corrected chi connectivity index (χ0v) is 9.49. The number of nitrogens with zero attached hydrogens (tertiary/aromatic N) is 1. The molecule has 0 radical (unpaired) electrons. The lowest BCUT2D eigenvalue weighted by molar-refractivity contribution is -0.385. The van der Waals surface area contributed by atoms with Crippen molar-refractivity contribution in [2.75, 3.05) is 0 Å². The highest BCUT2D eigenvalue weighted by atomic mass is 16.6. The van der Waals surface area contributed by atoms with E-state index < -0.39 is 17.0 Å². The summed E-state index contributed by atoms with van der Waals surface area (Å²) in [6.45, 7) is 1.30. The molecule has 0 spiro atoms. The van der Waals surface area contributed by atoms with Crippen molar-refractivity contribution < 1.29 is 24.7 Å². The van der Waals surface area contributed by atoms with E-state index in [1.807, 2.05) is 0 Å². The third kappa shape index (κ3) is 3.11. The molecular formula is C11H11NO6. The second-order valence-electron chi connectivity index (χ2n) is 3.76. The van der Waals surface area contributed by atoms with Crippen molar-refractivity contribution in [2.45, 2.75) is 19.4 Å². The normalized spacial score (nSPS) is 11.9. The van der Waals surface area contributed by atoms with E-state index in [1.54, 1.807) is 0 Å². The number of non-ortho nitro benzene ring substituents is 1. The summed E-state index contributed by atoms with van der Waals surface area (Å²) in [6, 6.07) is 3.41. The fourth-order valence-corrected chi connectivity index (χ4v) is 1.51. The van der Waals surface area contributed by atoms with Crippen LogP contribution in [0, 0.1) is 10.1 Å². The van der Waals surface area contributed by atoms with Crippen molar-refractivity contribution in [1.82, 2.24) is 0 Å². The summed E-state index contributed by atoms with van der Waals surface area (Å²) >= 11 is 0. The van der Waals surface area contributed by atoms with Crippen molar-refractivity contribution >= 4 is 17.4 Å². The van der Waals surface area contributed by atoms with Crippen molar-refractivity contribution in [3.05, 3.63) is 39.4 Å². The molecule has 0 aromatic heterocycles. The molecule has 1 rings (SSSR count). The lowest BCUT2D eigenvalue weighted by Crippen LogP contribution is -2.14. The molecule has 1 unspecified atom stereocenters. The van der Waals surface area contributed by atoms with Crippen LogP contribution in [0.2, 0.25) is 0 Å². The minimum atomic E-state index is -1.89. The molecule has 0 saturated heterocycles. The Hall–Kier alpha value is -2.28. The number of aliphatic hydroxyl groups excluding tert-OH is 1. The molecule has 0 aliphatic rings. The molecule has 96 valence electrons. The minimum Gasteiger partial charge on any atom is -0.479 e. The van der Waals surface area contributed by atoms with Crippen molar-refractivity contribution in [3.63, 3.8) is 0 Å². The van der Waals surface area contributed by atoms with Gasteiger partial charge in [0.1, 0.15) is 5.78 Å². The van der Waals surface area contributed by atoms with Crippen LogP contribution in [0.4, 0.5) is 5.69 Å². The number of hydrogen-bond acceptors (Lipinski definition) is 5. The summed E-state index contributed by atoms with van der Waals surface area (Å²) in [6.07, 6.45) is -1.98. The Bertz CT molecular complexity index is 510. The van der Waals surface area contributed by atoms with Gasteiger partial charge in [0.15, 0.2) is 6.10 Å². The number of aliphatic hydroxyl groups is 1. The molecule has 0 aliphatic carbocycles. The van der Waals surface area contributed by atoms with Crippen LogP contribution >= 0.6 is 0 Å². The molecule has 18 heavy (non-hydrogen) atoms. The zero-order chi connectivity index (χ0) is 13.9. The van der Waals surface area contributed by atoms with Crippen LogP contribution in [-0.2, 0) is 16.0 Å². The molecule has 2 N–H and O–H groups in total. The largest absolute Gasteiger partial charge is 0.479 e. The number of carbonyl (C=O) groups excluding carboxylic acids is 1. The van der Waals surface area contributed by atoms with Crippen LogP contribution in [0.25, 0.3) is 0 Å². The van der Waals surface area contributed by atoms with Crippen molar-refractivity contribution in [2.24, 2.45) is 0 Å². The Kier molecular flexibility index (Phi) is 4.11. The van der Waals surface area contributed by atoms with Crippen LogP contribution in [-0.4, -0.2) is 26.9 Å². The molecule has 1 aromatic carbocycles. The van der Waals surface area contributed by atoms with E-state index in [9.17, 15) is 24.8 Å². The van der Waals surface area contributed by atoms with Crippen molar-refractivity contribution in [3.8, 4) is 0 Å². The first-order chi connectivity index (χ1) is 8.32. The van der Waals surface area contributed by atoms with Crippen LogP contribution in [0.15, 0.2) is 18.2 Å². The fraction of sp³-hybridized carbons (Fsp3) is 0.273. The fourth-order valence-electron chi connectivity index (χ4n) is 1.51. The second kappa shape index (κ2) is 5.37. The topological polar surface area (TPSA) is 118 Å². The quantitative estimate of drug-likeness (QED) is 0.593. The third-order valence-corrected chi connectivity index (χ3v) is 2.31. The first-order valence-electron chi connectivity index (χ1n) is 5.00. The average molecular weight is 253 g/mol. The molecule has 0 fully saturated rings. The number of carboxylic acids is 1. The number of nitro benzene ring substituents is 1. The van der Waals surface area contributed by atoms with Gasteiger partial charge in [0, 0.05) is 24.1 Å². The summed E-state index contributed by atoms with van der Waals surface area (Å²) in [4.78, 5) is 31.6. The number of carboxylic acid groups (broad SMARTS) is 1. The number of rotatable bonds is 5. The predicted octanol–water partition coefficient (Wildman–Crippen LogP) is 0.844. The number of Topliss-reactive ketones (excluding diaryl/α,β-unsaturated/α-hetero) is 1. The zero-order valence-electron chi connectivity index (χ0n) is 9.49. The van der Waals surface area contributed by atoms with E-state index in [-0.39, 0.29) is 29.0 Å². The molecule has 0 heterocycles. The van der Waals surface area contributed by atoms with Gasteiger partial charge in [-0.15, -0.1) is 0 Å². The van der Waals surface area contributed by atoms with Gasteiger partial charge in [-0.05, 0) is 12.5 Å². The summed E-state index contributed by atoms with van der Waals surface area (Å²) in [5.41, 5.74) is -0.201. The maximum atomic E-state index is 11.0. The summed E-state index contributed by atoms with van der Waals surface area (Å²) in [5, 5.41) is 28.8. The van der Waals surface area contributed by atoms with Gasteiger partial charge < -0.3 is 10.2 Å². The number of benzene rings is 1. The van der Waals surface area contributed by atoms with E-state index in [0.29, 0.717) is 0 Å². The summed E-state index contributed by atoms with van der Waals surface area (Å²) in [5.74, 6) is -1.76. The van der Waals surface area contributed by atoms with E-state index >= 15 is 0 Å². The predicted molar refractivity (Wildman–Crippen MR) is 60.1 cm³/mol. The minimum absolute atomic E-state index is 0.0856. The van der Waals surface area contributed by atoms with Crippen LogP contribution in [0.3, 0.4) is 0 Å². The molecule has 7 heteroatoms. The number of hydrogen-bond donors (Lipinski definition) is 2. The van der Waals surface area contributed by atoms with Gasteiger partial charge in [-0.3, -0.25) is 14.9 Å². The summed E-state index contributed by atoms with van der Waals surface area (Å²) < 4.78 is 0. The summed E-state index contributed by atoms with van der Waals surface area (Å²) in [7, 11) is 0. The van der Waals surface area contributed by atoms with Gasteiger partial charge in [-0.1, -0.05) is 6.07 Å². The number of aliphatic carboxylic acids is 1. The maximum absolute atomic E-state index is 11.0. The number of carbonyl (C=O) groups is 2. The first-order valence-corrected chi connectivity index (χ1v) is 5.00. The molecule has 0 saturated carbocycles. The third-order valence-electron chi connectivity index (χ3n) is 2.31. The van der Waals surface area contributed by atoms with E-state index in [1.165, 1.54) is 13.0 Å². The van der Waals surface area contributed by atoms with Crippen LogP contribution < -0.4 is 0 Å². The van der Waals surface area contributed by atoms with Crippen molar-refractivity contribution in [1.29, 1.82) is 0 Å². The Morgan fingerprint density at radius 2 is 2.06 bits per heavy atom. The average Bonchev–Trinajstić information content (AvgIpc) is 2.27. The van der Waals surface area contributed by atoms with E-state index in [4.69, 9.17) is 5.11 Å². The molecule has 0 aliphatic heterocycles. The lowest BCUT2D eigenvalue weighted by Gasteiger charge is -2.11. The molecular weight excluding hydrogens is 242 g/mol. The van der Waals surface area contributed by atoms with Gasteiger partial charge in [0.2, 0.25) is 0 Å². The smallest absolute Gasteiger partial charge is 0.337 e. The van der Waals surface area contributed by atoms with Gasteiger partial charge in [-0.2, -0.15) is 0 Å². The first kappa shape index (κ1) is 13.8. The van der Waals surface area contributed by atoms with E-state index in [0.717, 1.165) is 12.1 Å². The Labute approximate surface area is 102 Å². The molecule has 0 amide bonds. The molecule has 7 nitrogen and oxygen atoms in total. The Morgan fingerprint density at radius 3 is 2.50 bits per heavy atom. The highest BCUT2D eigenvalue weighted by molar-refractivity contribution is 5.80. The van der Waals surface area contributed by atoms with E-state index in [2.05, 4.69) is 0 Å². The highest BCUT2D eigenvalue weighted by Crippen LogP contribution is 2.24. The molecule has 1 atom stereocenters. The standard InChI is InChI=1S/C11H11NO6/c1-6(13)4-7-2-3-8(12(17)18)5-9(7)10(14)11(15)16/h2-3,5,10,14H,4H2,1H3,(H,15,16). The van der Waals surface area contributed by atoms with Crippen LogP contribution in [0.5, 0.6) is 0 Å². The SMILES string of the molecule is CC(=O)Cc1ccc([N+](=O)[O-])cc1C(O)C(=O)O. The Morgan fingerprint density at radius 1 is 1.44 bits per heavy atom. The lowest BCUT2D eigenvalue weighted by atomic mass is 9.98. The number of ketones is 1.